The summed E-state index contributed by atoms with van der Waals surface area (Å²) in [5.74, 6) is 2.82. The Hall–Kier alpha value is -2.05. The van der Waals surface area contributed by atoms with E-state index in [9.17, 15) is 0 Å². The van der Waals surface area contributed by atoms with Crippen LogP contribution in [0.5, 0.6) is 0 Å². The number of halogens is 1. The smallest absolute Gasteiger partial charge is 0.205 e. The van der Waals surface area contributed by atoms with Crippen LogP contribution in [0.25, 0.3) is 11.3 Å². The van der Waals surface area contributed by atoms with E-state index in [0.29, 0.717) is 23.2 Å². The Labute approximate surface area is 143 Å². The van der Waals surface area contributed by atoms with E-state index in [2.05, 4.69) is 21.8 Å². The van der Waals surface area contributed by atoms with Crippen LogP contribution in [0.2, 0.25) is 5.02 Å². The van der Waals surface area contributed by atoms with Crippen molar-refractivity contribution in [2.24, 2.45) is 0 Å². The molecule has 0 bridgehead atoms. The van der Waals surface area contributed by atoms with E-state index < -0.39 is 0 Å². The van der Waals surface area contributed by atoms with E-state index in [1.165, 1.54) is 11.8 Å². The van der Waals surface area contributed by atoms with E-state index in [4.69, 9.17) is 16.0 Å². The lowest BCUT2D eigenvalue weighted by atomic mass is 10.2. The molecule has 0 aliphatic carbocycles. The van der Waals surface area contributed by atoms with Gasteiger partial charge in [0, 0.05) is 17.1 Å². The van der Waals surface area contributed by atoms with Crippen LogP contribution >= 0.6 is 23.4 Å². The normalized spacial score (nSPS) is 10.9. The molecule has 23 heavy (non-hydrogen) atoms. The van der Waals surface area contributed by atoms with Crippen LogP contribution in [0.3, 0.4) is 0 Å². The largest absolute Gasteiger partial charge is 0.440 e. The molecule has 7 heteroatoms. The van der Waals surface area contributed by atoms with Crippen LogP contribution < -0.4 is 0 Å². The summed E-state index contributed by atoms with van der Waals surface area (Å²) in [5.41, 5.74) is 0.948. The average molecular weight is 347 g/mol. The molecule has 0 unspecified atom stereocenters. The second-order valence-corrected chi connectivity index (χ2v) is 6.22. The monoisotopic (exact) mass is 346 g/mol. The van der Waals surface area contributed by atoms with Crippen molar-refractivity contribution in [1.82, 2.24) is 19.7 Å². The number of allylic oxidation sites excluding steroid dienone is 1. The summed E-state index contributed by atoms with van der Waals surface area (Å²) in [6.07, 6.45) is 3.54. The number of nitrogens with zero attached hydrogens (tertiary/aromatic N) is 4. The van der Waals surface area contributed by atoms with Crippen LogP contribution in [0, 0.1) is 6.92 Å². The van der Waals surface area contributed by atoms with Gasteiger partial charge in [-0.2, -0.15) is 0 Å². The molecule has 0 aliphatic heterocycles. The minimum Gasteiger partial charge on any atom is -0.440 e. The number of aryl methyl sites for hydroxylation is 1. The highest BCUT2D eigenvalue weighted by atomic mass is 35.5. The number of aromatic nitrogens is 4. The van der Waals surface area contributed by atoms with Gasteiger partial charge in [0.1, 0.15) is 5.82 Å². The molecule has 0 spiro atoms. The molecular weight excluding hydrogens is 332 g/mol. The molecule has 0 saturated carbocycles. The molecule has 3 aromatic rings. The van der Waals surface area contributed by atoms with Crippen molar-refractivity contribution < 1.29 is 4.42 Å². The lowest BCUT2D eigenvalue weighted by Crippen LogP contribution is -2.00. The molecular formula is C16H15ClN4OS. The Morgan fingerprint density at radius 1 is 1.30 bits per heavy atom. The first-order chi connectivity index (χ1) is 11.2. The molecule has 3 rings (SSSR count). The molecule has 0 fully saturated rings. The van der Waals surface area contributed by atoms with E-state index in [1.807, 2.05) is 41.8 Å². The van der Waals surface area contributed by atoms with E-state index in [0.717, 1.165) is 22.3 Å². The number of hydrogen-bond donors (Lipinski definition) is 0. The average Bonchev–Trinajstić information content (AvgIpc) is 3.15. The molecule has 0 radical (unpaired) electrons. The Morgan fingerprint density at radius 3 is 2.83 bits per heavy atom. The Balaban J connectivity index is 1.70. The first-order valence-corrected chi connectivity index (χ1v) is 8.38. The Kier molecular flexibility index (Phi) is 4.83. The van der Waals surface area contributed by atoms with Crippen molar-refractivity contribution in [2.75, 3.05) is 0 Å². The zero-order valence-corrected chi connectivity index (χ0v) is 14.1. The maximum Gasteiger partial charge on any atom is 0.205 e. The van der Waals surface area contributed by atoms with Crippen LogP contribution in [-0.4, -0.2) is 19.7 Å². The minimum absolute atomic E-state index is 0.586. The molecule has 118 valence electrons. The zero-order valence-electron chi connectivity index (χ0n) is 12.6. The van der Waals surface area contributed by atoms with Gasteiger partial charge in [0.15, 0.2) is 10.9 Å². The van der Waals surface area contributed by atoms with Crippen LogP contribution in [0.15, 0.2) is 52.7 Å². The zero-order chi connectivity index (χ0) is 16.2. The molecule has 0 saturated heterocycles. The van der Waals surface area contributed by atoms with Gasteiger partial charge in [0.05, 0.1) is 11.9 Å². The Morgan fingerprint density at radius 2 is 2.09 bits per heavy atom. The quantitative estimate of drug-likeness (QED) is 0.490. The predicted molar refractivity (Wildman–Crippen MR) is 91.5 cm³/mol. The second-order valence-electron chi connectivity index (χ2n) is 4.84. The van der Waals surface area contributed by atoms with Gasteiger partial charge in [0.25, 0.3) is 0 Å². The lowest BCUT2D eigenvalue weighted by Gasteiger charge is -2.03. The Bertz CT molecular complexity index is 810. The summed E-state index contributed by atoms with van der Waals surface area (Å²) in [7, 11) is 0. The van der Waals surface area contributed by atoms with E-state index >= 15 is 0 Å². The molecule has 0 amide bonds. The summed E-state index contributed by atoms with van der Waals surface area (Å²) in [6, 6.07) is 7.47. The molecule has 5 nitrogen and oxygen atoms in total. The predicted octanol–water partition coefficient (Wildman–Crippen LogP) is 4.37. The van der Waals surface area contributed by atoms with Gasteiger partial charge in [0.2, 0.25) is 5.89 Å². The lowest BCUT2D eigenvalue weighted by molar-refractivity contribution is 0.529. The van der Waals surface area contributed by atoms with Gasteiger partial charge in [-0.1, -0.05) is 29.4 Å². The minimum atomic E-state index is 0.586. The van der Waals surface area contributed by atoms with Gasteiger partial charge in [-0.15, -0.1) is 16.8 Å². The molecule has 0 aliphatic rings. The summed E-state index contributed by atoms with van der Waals surface area (Å²) < 4.78 is 7.79. The molecule has 0 N–H and O–H groups in total. The number of hydrogen-bond acceptors (Lipinski definition) is 5. The van der Waals surface area contributed by atoms with Crippen molar-refractivity contribution in [2.45, 2.75) is 24.4 Å². The van der Waals surface area contributed by atoms with Crippen molar-refractivity contribution >= 4 is 23.4 Å². The number of rotatable bonds is 6. The maximum atomic E-state index is 5.89. The summed E-state index contributed by atoms with van der Waals surface area (Å²) in [5, 5.41) is 9.78. The topological polar surface area (TPSA) is 56.7 Å². The first-order valence-electron chi connectivity index (χ1n) is 7.01. The third-order valence-corrected chi connectivity index (χ3v) is 4.42. The highest BCUT2D eigenvalue weighted by molar-refractivity contribution is 7.98. The number of benzene rings is 1. The van der Waals surface area contributed by atoms with Gasteiger partial charge in [-0.05, 0) is 31.2 Å². The SMILES string of the molecule is C=CCn1c(C)nnc1SCc1ncc(-c2ccc(Cl)cc2)o1. The van der Waals surface area contributed by atoms with Crippen molar-refractivity contribution in [1.29, 1.82) is 0 Å². The van der Waals surface area contributed by atoms with Crippen molar-refractivity contribution in [3.8, 4) is 11.3 Å². The highest BCUT2D eigenvalue weighted by Gasteiger charge is 2.11. The highest BCUT2D eigenvalue weighted by Crippen LogP contribution is 2.26. The summed E-state index contributed by atoms with van der Waals surface area (Å²) >= 11 is 7.43. The van der Waals surface area contributed by atoms with Crippen LogP contribution in [0.4, 0.5) is 0 Å². The number of oxazole rings is 1. The second kappa shape index (κ2) is 7.02. The van der Waals surface area contributed by atoms with Crippen molar-refractivity contribution in [3.05, 3.63) is 59.9 Å². The van der Waals surface area contributed by atoms with E-state index in [1.54, 1.807) is 6.20 Å². The molecule has 2 heterocycles. The van der Waals surface area contributed by atoms with E-state index in [-0.39, 0.29) is 0 Å². The number of thioether (sulfide) groups is 1. The summed E-state index contributed by atoms with van der Waals surface area (Å²) in [4.78, 5) is 4.31. The fourth-order valence-electron chi connectivity index (χ4n) is 2.06. The molecule has 0 atom stereocenters. The van der Waals surface area contributed by atoms with Crippen molar-refractivity contribution in [3.63, 3.8) is 0 Å². The third-order valence-electron chi connectivity index (χ3n) is 3.22. The maximum absolute atomic E-state index is 5.89. The summed E-state index contributed by atoms with van der Waals surface area (Å²) in [6.45, 7) is 6.36. The first kappa shape index (κ1) is 15.8. The fourth-order valence-corrected chi connectivity index (χ4v) is 3.03. The molecule has 1 aromatic carbocycles. The fraction of sp³-hybridized carbons (Fsp3) is 0.188. The van der Waals surface area contributed by atoms with Gasteiger partial charge in [-0.25, -0.2) is 4.98 Å². The van der Waals surface area contributed by atoms with Crippen LogP contribution in [-0.2, 0) is 12.3 Å². The van der Waals surface area contributed by atoms with Gasteiger partial charge >= 0.3 is 0 Å². The molecule has 2 aromatic heterocycles. The third kappa shape index (κ3) is 3.65. The van der Waals surface area contributed by atoms with Crippen LogP contribution in [0.1, 0.15) is 11.7 Å². The van der Waals surface area contributed by atoms with Gasteiger partial charge in [-0.3, -0.25) is 0 Å². The van der Waals surface area contributed by atoms with Gasteiger partial charge < -0.3 is 8.98 Å². The standard InChI is InChI=1S/C16H15ClN4OS/c1-3-8-21-11(2)19-20-16(21)23-10-15-18-9-14(22-15)12-4-6-13(17)7-5-12/h3-7,9H,1,8,10H2,2H3.